The Kier molecular flexibility index (Phi) is 14.9. The van der Waals surface area contributed by atoms with E-state index in [9.17, 15) is 14.6 Å². The predicted octanol–water partition coefficient (Wildman–Crippen LogP) is 9.13. The second kappa shape index (κ2) is 18.5. The zero-order valence-electron chi connectivity index (χ0n) is 27.9. The largest absolute Gasteiger partial charge is 0.508 e. The molecule has 0 saturated carbocycles. The van der Waals surface area contributed by atoms with E-state index in [1.54, 1.807) is 18.2 Å². The topological polar surface area (TPSA) is 65.0 Å². The zero-order chi connectivity index (χ0) is 33.6. The van der Waals surface area contributed by atoms with Crippen LogP contribution in [0.1, 0.15) is 69.2 Å². The molecule has 0 radical (unpaired) electrons. The normalized spacial score (nSPS) is 12.9. The zero-order valence-corrected chi connectivity index (χ0v) is 28.7. The van der Waals surface area contributed by atoms with Crippen molar-refractivity contribution in [2.24, 2.45) is 0 Å². The lowest BCUT2D eigenvalue weighted by Gasteiger charge is -2.32. The molecule has 248 valence electrons. The molecule has 5 nitrogen and oxygen atoms in total. The lowest BCUT2D eigenvalue weighted by Crippen LogP contribution is -2.38. The molecule has 0 saturated heterocycles. The summed E-state index contributed by atoms with van der Waals surface area (Å²) < 4.78 is 19.8. The fraction of sp³-hybridized carbons (Fsp3) is 0.385. The van der Waals surface area contributed by atoms with E-state index in [2.05, 4.69) is 62.7 Å². The van der Waals surface area contributed by atoms with Gasteiger partial charge in [0.1, 0.15) is 11.5 Å². The molecule has 3 aromatic carbocycles. The summed E-state index contributed by atoms with van der Waals surface area (Å²) in [6.45, 7) is 17.4. The van der Waals surface area contributed by atoms with Gasteiger partial charge in [-0.25, -0.2) is 4.39 Å². The summed E-state index contributed by atoms with van der Waals surface area (Å²) in [5.41, 5.74) is 5.04. The highest BCUT2D eigenvalue weighted by atomic mass is 35.5. The van der Waals surface area contributed by atoms with Crippen molar-refractivity contribution in [2.45, 2.75) is 78.4 Å². The molecule has 7 heteroatoms. The van der Waals surface area contributed by atoms with Gasteiger partial charge in [-0.05, 0) is 113 Å². The summed E-state index contributed by atoms with van der Waals surface area (Å²) in [5, 5.41) is 23.8. The molecule has 1 atom stereocenters. The van der Waals surface area contributed by atoms with E-state index in [-0.39, 0.29) is 10.9 Å². The fourth-order valence-electron chi connectivity index (χ4n) is 5.75. The van der Waals surface area contributed by atoms with Crippen LogP contribution in [0.3, 0.4) is 0 Å². The molecule has 3 aromatic rings. The molecule has 0 heterocycles. The minimum absolute atomic E-state index is 0.0113. The number of aromatic hydroxyl groups is 2. The second-order valence-electron chi connectivity index (χ2n) is 12.1. The van der Waals surface area contributed by atoms with E-state index < -0.39 is 11.6 Å². The maximum absolute atomic E-state index is 13.7. The van der Waals surface area contributed by atoms with Gasteiger partial charge in [0, 0.05) is 36.5 Å². The van der Waals surface area contributed by atoms with Crippen LogP contribution in [0.4, 0.5) is 4.39 Å². The van der Waals surface area contributed by atoms with Gasteiger partial charge in [0.05, 0.1) is 11.6 Å². The van der Waals surface area contributed by atoms with Crippen LogP contribution in [-0.4, -0.2) is 46.9 Å². The lowest BCUT2D eigenvalue weighted by molar-refractivity contribution is 0.170. The number of hydrogen-bond acceptors (Lipinski definition) is 5. The number of phenols is 2. The number of hydrogen-bond donors (Lipinski definition) is 3. The summed E-state index contributed by atoms with van der Waals surface area (Å²) in [6, 6.07) is 17.7. The smallest absolute Gasteiger partial charge is 0.170 e. The van der Waals surface area contributed by atoms with E-state index in [0.29, 0.717) is 49.5 Å². The molecule has 0 amide bonds. The molecular formula is C39H50ClFN2O3. The van der Waals surface area contributed by atoms with Crippen LogP contribution in [-0.2, 0) is 19.4 Å². The number of ether oxygens (including phenoxy) is 1. The minimum atomic E-state index is -0.718. The van der Waals surface area contributed by atoms with E-state index in [4.69, 9.17) is 16.3 Å². The average Bonchev–Trinajstić information content (AvgIpc) is 3.02. The average molecular weight is 649 g/mol. The van der Waals surface area contributed by atoms with Crippen LogP contribution < -0.4 is 10.1 Å². The van der Waals surface area contributed by atoms with Gasteiger partial charge in [-0.3, -0.25) is 4.90 Å². The number of rotatable bonds is 18. The standard InChI is InChI=1S/C39H50ClFN2O3/c1-7-9-10-32(8-2)34(18-21-43(27(3)4)28(5)6)35-23-30(13-16-38(35)44)19-22-46-33-14-11-29(12-15-33)17-20-42-26-31-24-36(40)39(45)37(41)25-31/h7-16,23-25,27-28,34,42,44-45H,1,17-22,26H2,2-6H3/b10-9-,32-8+/t34-/m1/s1. The molecule has 0 bridgehead atoms. The fourth-order valence-corrected chi connectivity index (χ4v) is 5.98. The first kappa shape index (κ1) is 36.9. The van der Waals surface area contributed by atoms with Gasteiger partial charge in [0.15, 0.2) is 11.6 Å². The third-order valence-electron chi connectivity index (χ3n) is 8.21. The van der Waals surface area contributed by atoms with Crippen molar-refractivity contribution in [3.05, 3.63) is 124 Å². The quantitative estimate of drug-likeness (QED) is 0.0948. The Morgan fingerprint density at radius 3 is 2.30 bits per heavy atom. The number of phenolic OH excluding ortho intramolecular Hbond substituents is 2. The van der Waals surface area contributed by atoms with Gasteiger partial charge in [-0.15, -0.1) is 0 Å². The Morgan fingerprint density at radius 1 is 0.978 bits per heavy atom. The Hall–Kier alpha value is -3.58. The molecule has 0 aliphatic heterocycles. The SMILES string of the molecule is C=C/C=C\C(=C/C)[C@@H](CCN(C(C)C)C(C)C)c1cc(CCOc2ccc(CCNCc3cc(F)c(O)c(Cl)c3)cc2)ccc1O. The summed E-state index contributed by atoms with van der Waals surface area (Å²) in [7, 11) is 0. The third-order valence-corrected chi connectivity index (χ3v) is 8.50. The van der Waals surface area contributed by atoms with E-state index >= 15 is 0 Å². The second-order valence-corrected chi connectivity index (χ2v) is 12.5. The first-order valence-corrected chi connectivity index (χ1v) is 16.5. The van der Waals surface area contributed by atoms with Crippen molar-refractivity contribution in [1.29, 1.82) is 0 Å². The van der Waals surface area contributed by atoms with Crippen LogP contribution in [0.2, 0.25) is 5.02 Å². The van der Waals surface area contributed by atoms with Crippen LogP contribution >= 0.6 is 11.6 Å². The summed E-state index contributed by atoms with van der Waals surface area (Å²) in [5.74, 6) is -0.0776. The highest BCUT2D eigenvalue weighted by molar-refractivity contribution is 6.32. The molecule has 0 aliphatic carbocycles. The molecule has 3 N–H and O–H groups in total. The van der Waals surface area contributed by atoms with Crippen molar-refractivity contribution in [1.82, 2.24) is 10.2 Å². The Morgan fingerprint density at radius 2 is 1.67 bits per heavy atom. The number of nitrogens with one attached hydrogen (secondary N) is 1. The summed E-state index contributed by atoms with van der Waals surface area (Å²) in [4.78, 5) is 2.49. The number of halogens is 2. The summed E-state index contributed by atoms with van der Waals surface area (Å²) in [6.07, 6.45) is 10.4. The molecular weight excluding hydrogens is 599 g/mol. The molecule has 46 heavy (non-hydrogen) atoms. The molecule has 0 aromatic heterocycles. The van der Waals surface area contributed by atoms with E-state index in [1.807, 2.05) is 43.3 Å². The van der Waals surface area contributed by atoms with Gasteiger partial charge in [-0.1, -0.05) is 66.7 Å². The van der Waals surface area contributed by atoms with E-state index in [0.717, 1.165) is 47.4 Å². The van der Waals surface area contributed by atoms with Gasteiger partial charge >= 0.3 is 0 Å². The van der Waals surface area contributed by atoms with Crippen molar-refractivity contribution in [2.75, 3.05) is 19.7 Å². The molecule has 0 fully saturated rings. The Balaban J connectivity index is 1.58. The third kappa shape index (κ3) is 11.0. The number of allylic oxidation sites excluding steroid dienone is 5. The predicted molar refractivity (Wildman–Crippen MR) is 190 cm³/mol. The van der Waals surface area contributed by atoms with Gasteiger partial charge in [-0.2, -0.15) is 0 Å². The van der Waals surface area contributed by atoms with Crippen molar-refractivity contribution < 1.29 is 19.3 Å². The Bertz CT molecular complexity index is 1440. The molecule has 3 rings (SSSR count). The minimum Gasteiger partial charge on any atom is -0.508 e. The monoisotopic (exact) mass is 648 g/mol. The Labute approximate surface area is 280 Å². The first-order valence-electron chi connectivity index (χ1n) is 16.2. The van der Waals surface area contributed by atoms with Gasteiger partial charge in [0.2, 0.25) is 0 Å². The summed E-state index contributed by atoms with van der Waals surface area (Å²) >= 11 is 5.86. The van der Waals surface area contributed by atoms with Crippen LogP contribution in [0.25, 0.3) is 0 Å². The highest BCUT2D eigenvalue weighted by Gasteiger charge is 2.22. The first-order chi connectivity index (χ1) is 22.0. The maximum Gasteiger partial charge on any atom is 0.170 e. The van der Waals surface area contributed by atoms with Crippen molar-refractivity contribution >= 4 is 11.6 Å². The van der Waals surface area contributed by atoms with Crippen molar-refractivity contribution in [3.8, 4) is 17.2 Å². The number of nitrogens with zero attached hydrogens (tertiary/aromatic N) is 1. The molecule has 0 aliphatic rings. The van der Waals surface area contributed by atoms with Gasteiger partial charge in [0.25, 0.3) is 0 Å². The number of benzene rings is 3. The van der Waals surface area contributed by atoms with Crippen LogP contribution in [0.15, 0.2) is 91.1 Å². The van der Waals surface area contributed by atoms with Crippen LogP contribution in [0, 0.1) is 5.82 Å². The molecule has 0 unspecified atom stereocenters. The van der Waals surface area contributed by atoms with Crippen LogP contribution in [0.5, 0.6) is 17.2 Å². The van der Waals surface area contributed by atoms with E-state index in [1.165, 1.54) is 6.07 Å². The lowest BCUT2D eigenvalue weighted by atomic mass is 9.85. The molecule has 0 spiro atoms. The highest BCUT2D eigenvalue weighted by Crippen LogP contribution is 2.36. The van der Waals surface area contributed by atoms with Gasteiger partial charge < -0.3 is 20.3 Å². The van der Waals surface area contributed by atoms with Crippen molar-refractivity contribution in [3.63, 3.8) is 0 Å². The maximum atomic E-state index is 13.7.